The molecule has 1 aromatic rings. The third-order valence-electron chi connectivity index (χ3n) is 3.92. The molecule has 1 amide bonds. The van der Waals surface area contributed by atoms with E-state index < -0.39 is 56.9 Å². The average molecular weight is 433 g/mol. The molecule has 0 aliphatic carbocycles. The van der Waals surface area contributed by atoms with Gasteiger partial charge in [0.1, 0.15) is 5.03 Å². The smallest absolute Gasteiger partial charge is 0.312 e. The van der Waals surface area contributed by atoms with Gasteiger partial charge in [-0.25, -0.2) is 5.84 Å². The highest BCUT2D eigenvalue weighted by Gasteiger charge is 2.50. The van der Waals surface area contributed by atoms with Crippen molar-refractivity contribution in [1.29, 1.82) is 0 Å². The van der Waals surface area contributed by atoms with Crippen LogP contribution in [-0.2, 0) is 11.0 Å². The number of hydrogen-bond acceptors (Lipinski definition) is 5. The largest absolute Gasteiger partial charge is 0.434 e. The Labute approximate surface area is 158 Å². The van der Waals surface area contributed by atoms with Crippen molar-refractivity contribution >= 4 is 23.2 Å². The molecule has 14 heteroatoms. The maximum atomic E-state index is 13.3. The lowest BCUT2D eigenvalue weighted by Crippen LogP contribution is -2.54. The molecule has 28 heavy (non-hydrogen) atoms. The monoisotopic (exact) mass is 432 g/mol. The van der Waals surface area contributed by atoms with Gasteiger partial charge in [0.05, 0.1) is 16.1 Å². The highest BCUT2D eigenvalue weighted by Crippen LogP contribution is 2.44. The summed E-state index contributed by atoms with van der Waals surface area (Å²) in [5.74, 6) is 4.16. The Morgan fingerprint density at radius 3 is 2.21 bits per heavy atom. The lowest BCUT2D eigenvalue weighted by molar-refractivity contribution is -0.386. The van der Waals surface area contributed by atoms with E-state index in [4.69, 9.17) is 17.4 Å². The van der Waals surface area contributed by atoms with E-state index in [2.05, 4.69) is 0 Å². The molecule has 0 bridgehead atoms. The molecule has 1 aromatic carbocycles. The van der Waals surface area contributed by atoms with E-state index in [1.54, 1.807) is 0 Å². The van der Waals surface area contributed by atoms with Gasteiger partial charge < -0.3 is 4.90 Å². The van der Waals surface area contributed by atoms with Gasteiger partial charge in [0.15, 0.2) is 11.9 Å². The van der Waals surface area contributed by atoms with Crippen molar-refractivity contribution in [3.05, 3.63) is 50.2 Å². The van der Waals surface area contributed by atoms with E-state index in [0.717, 1.165) is 0 Å². The third-order valence-corrected chi connectivity index (χ3v) is 4.26. The number of nitro benzene ring substituents is 1. The minimum Gasteiger partial charge on any atom is -0.312 e. The summed E-state index contributed by atoms with van der Waals surface area (Å²) in [7, 11) is 0. The van der Waals surface area contributed by atoms with Crippen LogP contribution in [0, 0.1) is 10.1 Å². The number of nitrogens with two attached hydrogens (primary N) is 1. The van der Waals surface area contributed by atoms with E-state index >= 15 is 0 Å². The second kappa shape index (κ2) is 7.13. The lowest BCUT2D eigenvalue weighted by atomic mass is 10.0. The van der Waals surface area contributed by atoms with Crippen molar-refractivity contribution in [3.8, 4) is 0 Å². The topological polar surface area (TPSA) is 92.7 Å². The van der Waals surface area contributed by atoms with Crippen LogP contribution in [0.15, 0.2) is 28.9 Å². The number of carbonyl (C=O) groups excluding carboxylic acids is 1. The van der Waals surface area contributed by atoms with E-state index in [1.807, 2.05) is 0 Å². The first-order chi connectivity index (χ1) is 12.7. The number of likely N-dealkylation sites (N-methyl/N-ethyl adjacent to an activating group) is 1. The van der Waals surface area contributed by atoms with Crippen molar-refractivity contribution in [2.45, 2.75) is 25.4 Å². The average Bonchev–Trinajstić information content (AvgIpc) is 2.55. The molecule has 1 aliphatic rings. The summed E-state index contributed by atoms with van der Waals surface area (Å²) < 4.78 is 78.5. The number of amides is 1. The van der Waals surface area contributed by atoms with E-state index in [1.165, 1.54) is 6.92 Å². The molecule has 0 radical (unpaired) electrons. The fraction of sp³-hybridized carbons (Fsp3) is 0.357. The van der Waals surface area contributed by atoms with Crippen LogP contribution in [-0.4, -0.2) is 33.5 Å². The Hall–Kier alpha value is -2.54. The zero-order chi connectivity index (χ0) is 21.6. The predicted octanol–water partition coefficient (Wildman–Crippen LogP) is 3.66. The maximum absolute atomic E-state index is 13.3. The number of halogens is 7. The van der Waals surface area contributed by atoms with Gasteiger partial charge in [-0.2, -0.15) is 26.3 Å². The van der Waals surface area contributed by atoms with Gasteiger partial charge in [0.25, 0.3) is 11.6 Å². The van der Waals surface area contributed by atoms with E-state index in [-0.39, 0.29) is 17.6 Å². The summed E-state index contributed by atoms with van der Waals surface area (Å²) in [4.78, 5) is 23.0. The van der Waals surface area contributed by atoms with Crippen molar-refractivity contribution < 1.29 is 36.1 Å². The molecule has 0 aromatic heterocycles. The lowest BCUT2D eigenvalue weighted by Gasteiger charge is -2.42. The van der Waals surface area contributed by atoms with Crippen LogP contribution < -0.4 is 5.84 Å². The third kappa shape index (κ3) is 3.71. The highest BCUT2D eigenvalue weighted by atomic mass is 35.5. The molecule has 154 valence electrons. The van der Waals surface area contributed by atoms with Crippen molar-refractivity contribution in [2.24, 2.45) is 5.84 Å². The number of hydrogen-bond donors (Lipinski definition) is 1. The van der Waals surface area contributed by atoms with Crippen LogP contribution in [0.3, 0.4) is 0 Å². The highest BCUT2D eigenvalue weighted by molar-refractivity contribution is 6.42. The molecular weight excluding hydrogens is 422 g/mol. The van der Waals surface area contributed by atoms with Gasteiger partial charge in [0, 0.05) is 12.6 Å². The Morgan fingerprint density at radius 2 is 1.79 bits per heavy atom. The Bertz CT molecular complexity index is 854. The Morgan fingerprint density at radius 1 is 1.21 bits per heavy atom. The fourth-order valence-electron chi connectivity index (χ4n) is 2.73. The number of hydrazine groups is 1. The Balaban J connectivity index is 2.75. The first kappa shape index (κ1) is 21.8. The molecule has 1 atom stereocenters. The van der Waals surface area contributed by atoms with Gasteiger partial charge in [-0.1, -0.05) is 11.6 Å². The molecule has 0 fully saturated rings. The molecule has 1 heterocycles. The summed E-state index contributed by atoms with van der Waals surface area (Å²) in [5.41, 5.74) is -4.94. The molecule has 1 aliphatic heterocycles. The second-order valence-corrected chi connectivity index (χ2v) is 5.94. The quantitative estimate of drug-likeness (QED) is 0.340. The van der Waals surface area contributed by atoms with Gasteiger partial charge >= 0.3 is 12.4 Å². The summed E-state index contributed by atoms with van der Waals surface area (Å²) in [6.07, 6.45) is -12.0. The minimum absolute atomic E-state index is 0.0111. The Kier molecular flexibility index (Phi) is 5.54. The van der Waals surface area contributed by atoms with Crippen molar-refractivity contribution in [1.82, 2.24) is 9.91 Å². The molecule has 0 spiro atoms. The standard InChI is InChI=1S/C14H11ClF6N4O3/c1-2-23-11(24(22)10(14(19,20)21)9(15)12(23)26)7-4-3-6(13(16,17)18)5-8(7)25(27)28/h3-5,11H,2,22H2,1H3. The molecule has 7 nitrogen and oxygen atoms in total. The summed E-state index contributed by atoms with van der Waals surface area (Å²) in [6, 6.07) is 1.21. The zero-order valence-electron chi connectivity index (χ0n) is 13.8. The molecule has 2 rings (SSSR count). The van der Waals surface area contributed by atoms with Crippen LogP contribution in [0.1, 0.15) is 24.2 Å². The van der Waals surface area contributed by atoms with Crippen molar-refractivity contribution in [3.63, 3.8) is 0 Å². The van der Waals surface area contributed by atoms with Gasteiger partial charge in [-0.05, 0) is 19.1 Å². The summed E-state index contributed by atoms with van der Waals surface area (Å²) in [6.45, 7) is 1.05. The molecule has 2 N–H and O–H groups in total. The zero-order valence-corrected chi connectivity index (χ0v) is 14.6. The van der Waals surface area contributed by atoms with Crippen molar-refractivity contribution in [2.75, 3.05) is 6.54 Å². The minimum atomic E-state index is -5.19. The van der Waals surface area contributed by atoms with Crippen LogP contribution in [0.5, 0.6) is 0 Å². The van der Waals surface area contributed by atoms with Crippen LogP contribution in [0.4, 0.5) is 32.0 Å². The van der Waals surface area contributed by atoms with Gasteiger partial charge in [-0.3, -0.25) is 19.9 Å². The first-order valence-electron chi connectivity index (χ1n) is 7.39. The predicted molar refractivity (Wildman–Crippen MR) is 83.2 cm³/mol. The number of rotatable bonds is 3. The second-order valence-electron chi connectivity index (χ2n) is 5.56. The number of benzene rings is 1. The first-order valence-corrected chi connectivity index (χ1v) is 7.77. The van der Waals surface area contributed by atoms with Gasteiger partial charge in [0.2, 0.25) is 0 Å². The van der Waals surface area contributed by atoms with Crippen LogP contribution in [0.2, 0.25) is 0 Å². The summed E-state index contributed by atoms with van der Waals surface area (Å²) >= 11 is 5.49. The number of allylic oxidation sites excluding steroid dienone is 1. The molecule has 0 saturated carbocycles. The number of nitrogens with zero attached hydrogens (tertiary/aromatic N) is 3. The maximum Gasteiger partial charge on any atom is 0.434 e. The van der Waals surface area contributed by atoms with Crippen LogP contribution >= 0.6 is 11.6 Å². The molecular formula is C14H11ClF6N4O3. The molecule has 1 unspecified atom stereocenters. The van der Waals surface area contributed by atoms with E-state index in [9.17, 15) is 41.3 Å². The number of alkyl halides is 6. The molecule has 0 saturated heterocycles. The summed E-state index contributed by atoms with van der Waals surface area (Å²) in [5, 5.41) is 10.0. The number of carbonyl (C=O) groups is 1. The normalized spacial score (nSPS) is 18.8. The van der Waals surface area contributed by atoms with Crippen LogP contribution in [0.25, 0.3) is 0 Å². The SMILES string of the molecule is CCN1C(=O)C(Cl)=C(C(F)(F)F)N(N)C1c1ccc(C(F)(F)F)cc1[N+](=O)[O-]. The van der Waals surface area contributed by atoms with Gasteiger partial charge in [-0.15, -0.1) is 0 Å². The fourth-order valence-corrected chi connectivity index (χ4v) is 3.04. The number of nitro groups is 1. The van der Waals surface area contributed by atoms with E-state index in [0.29, 0.717) is 17.0 Å².